The molecule has 0 aromatic carbocycles. The molecule has 104 valence electrons. The van der Waals surface area contributed by atoms with E-state index in [1.54, 1.807) is 0 Å². The van der Waals surface area contributed by atoms with Crippen molar-refractivity contribution in [1.82, 2.24) is 0 Å². The minimum atomic E-state index is -0.202. The lowest BCUT2D eigenvalue weighted by molar-refractivity contribution is -0.168. The van der Waals surface area contributed by atoms with E-state index in [0.29, 0.717) is 6.42 Å². The Hall–Kier alpha value is -1.32. The predicted molar refractivity (Wildman–Crippen MR) is 68.1 cm³/mol. The molecule has 3 rings (SSSR count). The molecule has 0 spiro atoms. The Balaban J connectivity index is 1.96. The first kappa shape index (κ1) is 12.7. The summed E-state index contributed by atoms with van der Waals surface area (Å²) in [5.74, 6) is 0.0897. The van der Waals surface area contributed by atoms with Crippen molar-refractivity contribution in [3.63, 3.8) is 0 Å². The molecule has 0 amide bonds. The second-order valence-corrected chi connectivity index (χ2v) is 6.13. The van der Waals surface area contributed by atoms with E-state index >= 15 is 0 Å². The van der Waals surface area contributed by atoms with E-state index in [1.807, 2.05) is 13.8 Å². The number of hydrogen-bond donors (Lipinski definition) is 0. The lowest BCUT2D eigenvalue weighted by Gasteiger charge is -2.38. The van der Waals surface area contributed by atoms with E-state index < -0.39 is 0 Å². The molecule has 4 nitrogen and oxygen atoms in total. The third-order valence-electron chi connectivity index (χ3n) is 5.10. The zero-order chi connectivity index (χ0) is 13.7. The summed E-state index contributed by atoms with van der Waals surface area (Å²) in [4.78, 5) is 23.5. The summed E-state index contributed by atoms with van der Waals surface area (Å²) in [7, 11) is 0. The van der Waals surface area contributed by atoms with Gasteiger partial charge in [-0.15, -0.1) is 0 Å². The van der Waals surface area contributed by atoms with Gasteiger partial charge in [-0.3, -0.25) is 9.59 Å². The molecule has 0 radical (unpaired) electrons. The maximum atomic E-state index is 11.8. The molecule has 0 aromatic rings. The van der Waals surface area contributed by atoms with Crippen molar-refractivity contribution in [1.29, 1.82) is 0 Å². The third kappa shape index (κ3) is 1.88. The van der Waals surface area contributed by atoms with Crippen LogP contribution in [-0.4, -0.2) is 24.1 Å². The Kier molecular flexibility index (Phi) is 2.91. The van der Waals surface area contributed by atoms with E-state index in [9.17, 15) is 9.59 Å². The van der Waals surface area contributed by atoms with Crippen LogP contribution in [0.2, 0.25) is 0 Å². The number of esters is 2. The van der Waals surface area contributed by atoms with E-state index in [0.717, 1.165) is 18.4 Å². The molecule has 2 saturated heterocycles. The summed E-state index contributed by atoms with van der Waals surface area (Å²) in [5, 5.41) is 0. The Morgan fingerprint density at radius 3 is 2.68 bits per heavy atom. The average molecular weight is 264 g/mol. The molecule has 0 bridgehead atoms. The standard InChI is InChI=1S/C15H20O4/c1-7-4-5-10-8(2)15(17)19-14(10)13-9(3)18-12(16)6-11(7)13/h8-11,13-14H,1,4-6H2,2-3H3. The van der Waals surface area contributed by atoms with Gasteiger partial charge in [-0.2, -0.15) is 0 Å². The number of hydrogen-bond acceptors (Lipinski definition) is 4. The second-order valence-electron chi connectivity index (χ2n) is 6.13. The van der Waals surface area contributed by atoms with E-state index in [4.69, 9.17) is 9.47 Å². The van der Waals surface area contributed by atoms with Crippen molar-refractivity contribution in [3.05, 3.63) is 12.2 Å². The first-order valence-electron chi connectivity index (χ1n) is 7.06. The summed E-state index contributed by atoms with van der Waals surface area (Å²) < 4.78 is 11.0. The SMILES string of the molecule is C=C1CCC2C(C)C(=O)OC2C2C(C)OC(=O)CC12. The Bertz CT molecular complexity index is 441. The molecule has 0 N–H and O–H groups in total. The van der Waals surface area contributed by atoms with Gasteiger partial charge in [0.1, 0.15) is 12.2 Å². The summed E-state index contributed by atoms with van der Waals surface area (Å²) in [5.41, 5.74) is 1.12. The predicted octanol–water partition coefficient (Wildman–Crippen LogP) is 2.08. The maximum absolute atomic E-state index is 11.8. The van der Waals surface area contributed by atoms with Crippen molar-refractivity contribution in [3.8, 4) is 0 Å². The molecule has 3 fully saturated rings. The van der Waals surface area contributed by atoms with Crippen LogP contribution in [0.25, 0.3) is 0 Å². The number of allylic oxidation sites excluding steroid dienone is 1. The van der Waals surface area contributed by atoms with Crippen LogP contribution in [-0.2, 0) is 19.1 Å². The monoisotopic (exact) mass is 264 g/mol. The molecule has 2 heterocycles. The van der Waals surface area contributed by atoms with Crippen molar-refractivity contribution in [2.75, 3.05) is 0 Å². The smallest absolute Gasteiger partial charge is 0.309 e. The van der Waals surface area contributed by atoms with E-state index in [2.05, 4.69) is 6.58 Å². The minimum absolute atomic E-state index is 0.0543. The van der Waals surface area contributed by atoms with Gasteiger partial charge in [0.25, 0.3) is 0 Å². The van der Waals surface area contributed by atoms with Gasteiger partial charge in [0.05, 0.1) is 12.3 Å². The third-order valence-corrected chi connectivity index (χ3v) is 5.10. The lowest BCUT2D eigenvalue weighted by atomic mass is 9.74. The molecule has 6 atom stereocenters. The van der Waals surface area contributed by atoms with Crippen LogP contribution in [0.4, 0.5) is 0 Å². The van der Waals surface area contributed by atoms with Crippen LogP contribution < -0.4 is 0 Å². The average Bonchev–Trinajstić information content (AvgIpc) is 2.53. The number of fused-ring (bicyclic) bond motifs is 3. The van der Waals surface area contributed by atoms with Gasteiger partial charge in [0, 0.05) is 11.8 Å². The van der Waals surface area contributed by atoms with Gasteiger partial charge in [-0.1, -0.05) is 19.1 Å². The molecule has 4 heteroatoms. The molecule has 6 unspecified atom stereocenters. The van der Waals surface area contributed by atoms with E-state index in [1.165, 1.54) is 0 Å². The molecular formula is C15H20O4. The molecule has 1 saturated carbocycles. The molecular weight excluding hydrogens is 244 g/mol. The van der Waals surface area contributed by atoms with E-state index in [-0.39, 0.29) is 47.8 Å². The summed E-state index contributed by atoms with van der Waals surface area (Å²) in [6, 6.07) is 0. The number of cyclic esters (lactones) is 1. The van der Waals surface area contributed by atoms with Crippen LogP contribution in [0, 0.1) is 23.7 Å². The fourth-order valence-electron chi connectivity index (χ4n) is 3.99. The Morgan fingerprint density at radius 2 is 1.95 bits per heavy atom. The molecule has 0 aromatic heterocycles. The van der Waals surface area contributed by atoms with Crippen molar-refractivity contribution >= 4 is 11.9 Å². The summed E-state index contributed by atoms with van der Waals surface area (Å²) >= 11 is 0. The quantitative estimate of drug-likeness (QED) is 0.496. The molecule has 2 aliphatic heterocycles. The van der Waals surface area contributed by atoms with Crippen LogP contribution >= 0.6 is 0 Å². The summed E-state index contributed by atoms with van der Waals surface area (Å²) in [6.07, 6.45) is 1.86. The maximum Gasteiger partial charge on any atom is 0.309 e. The highest BCUT2D eigenvalue weighted by Crippen LogP contribution is 2.48. The van der Waals surface area contributed by atoms with Gasteiger partial charge in [0.2, 0.25) is 0 Å². The van der Waals surface area contributed by atoms with Crippen LogP contribution in [0.3, 0.4) is 0 Å². The zero-order valence-electron chi connectivity index (χ0n) is 11.4. The van der Waals surface area contributed by atoms with Gasteiger partial charge in [-0.05, 0) is 25.7 Å². The van der Waals surface area contributed by atoms with Gasteiger partial charge in [-0.25, -0.2) is 0 Å². The fourth-order valence-corrected chi connectivity index (χ4v) is 3.99. The lowest BCUT2D eigenvalue weighted by Crippen LogP contribution is -2.45. The molecule has 1 aliphatic carbocycles. The van der Waals surface area contributed by atoms with Crippen molar-refractivity contribution < 1.29 is 19.1 Å². The number of carbonyl (C=O) groups is 2. The van der Waals surface area contributed by atoms with Crippen LogP contribution in [0.15, 0.2) is 12.2 Å². The number of carbonyl (C=O) groups excluding carboxylic acids is 2. The Labute approximate surface area is 113 Å². The fraction of sp³-hybridized carbons (Fsp3) is 0.733. The molecule has 19 heavy (non-hydrogen) atoms. The van der Waals surface area contributed by atoms with Crippen LogP contribution in [0.1, 0.15) is 33.1 Å². The topological polar surface area (TPSA) is 52.6 Å². The van der Waals surface area contributed by atoms with Gasteiger partial charge < -0.3 is 9.47 Å². The van der Waals surface area contributed by atoms with Gasteiger partial charge in [0.15, 0.2) is 0 Å². The highest BCUT2D eigenvalue weighted by Gasteiger charge is 2.53. The largest absolute Gasteiger partial charge is 0.462 e. The zero-order valence-corrected chi connectivity index (χ0v) is 11.4. The van der Waals surface area contributed by atoms with Crippen molar-refractivity contribution in [2.45, 2.75) is 45.3 Å². The Morgan fingerprint density at radius 1 is 1.21 bits per heavy atom. The van der Waals surface area contributed by atoms with Gasteiger partial charge >= 0.3 is 11.9 Å². The highest BCUT2D eigenvalue weighted by molar-refractivity contribution is 5.75. The number of ether oxygens (including phenoxy) is 2. The highest BCUT2D eigenvalue weighted by atomic mass is 16.6. The first-order chi connectivity index (χ1) is 8.99. The number of rotatable bonds is 0. The van der Waals surface area contributed by atoms with Crippen LogP contribution in [0.5, 0.6) is 0 Å². The molecule has 3 aliphatic rings. The van der Waals surface area contributed by atoms with Crippen molar-refractivity contribution in [2.24, 2.45) is 23.7 Å². The normalized spacial score (nSPS) is 45.9. The summed E-state index contributed by atoms with van der Waals surface area (Å²) in [6.45, 7) is 7.99. The minimum Gasteiger partial charge on any atom is -0.462 e. The second kappa shape index (κ2) is 4.36. The first-order valence-corrected chi connectivity index (χ1v) is 7.06.